The quantitative estimate of drug-likeness (QED) is 0.389. The molecule has 2 aromatic carbocycles. The molecule has 3 rings (SSSR count). The van der Waals surface area contributed by atoms with E-state index in [0.29, 0.717) is 5.56 Å². The van der Waals surface area contributed by atoms with E-state index in [4.69, 9.17) is 9.15 Å². The van der Waals surface area contributed by atoms with Gasteiger partial charge in [0.1, 0.15) is 5.82 Å². The van der Waals surface area contributed by atoms with Gasteiger partial charge in [0.25, 0.3) is 11.6 Å². The van der Waals surface area contributed by atoms with Crippen LogP contribution >= 0.6 is 0 Å². The van der Waals surface area contributed by atoms with Gasteiger partial charge in [-0.05, 0) is 37.3 Å². The van der Waals surface area contributed by atoms with E-state index in [1.165, 1.54) is 49.4 Å². The van der Waals surface area contributed by atoms with Crippen molar-refractivity contribution in [2.45, 2.75) is 13.0 Å². The highest BCUT2D eigenvalue weighted by atomic mass is 19.1. The fraction of sp³-hybridized carbons (Fsp3) is 0.118. The third kappa shape index (κ3) is 3.72. The van der Waals surface area contributed by atoms with Crippen LogP contribution in [-0.4, -0.2) is 21.1 Å². The Hall–Kier alpha value is -3.62. The van der Waals surface area contributed by atoms with Crippen molar-refractivity contribution < 1.29 is 23.3 Å². The summed E-state index contributed by atoms with van der Waals surface area (Å²) in [7, 11) is 0. The van der Waals surface area contributed by atoms with Gasteiger partial charge in [0, 0.05) is 17.7 Å². The second-order valence-electron chi connectivity index (χ2n) is 5.31. The lowest BCUT2D eigenvalue weighted by atomic mass is 10.2. The third-order valence-electron chi connectivity index (χ3n) is 3.46. The van der Waals surface area contributed by atoms with Crippen molar-refractivity contribution in [3.8, 4) is 11.5 Å². The molecule has 0 aliphatic carbocycles. The van der Waals surface area contributed by atoms with E-state index in [0.717, 1.165) is 6.07 Å². The van der Waals surface area contributed by atoms with Crippen LogP contribution in [0.1, 0.15) is 29.3 Å². The van der Waals surface area contributed by atoms with Crippen LogP contribution in [0.25, 0.3) is 11.5 Å². The van der Waals surface area contributed by atoms with Crippen molar-refractivity contribution in [1.29, 1.82) is 0 Å². The number of esters is 1. The lowest BCUT2D eigenvalue weighted by Gasteiger charge is -2.09. The van der Waals surface area contributed by atoms with Crippen LogP contribution in [0.15, 0.2) is 52.9 Å². The highest BCUT2D eigenvalue weighted by Gasteiger charge is 2.21. The van der Waals surface area contributed by atoms with Crippen LogP contribution < -0.4 is 0 Å². The van der Waals surface area contributed by atoms with Gasteiger partial charge in [-0.2, -0.15) is 0 Å². The van der Waals surface area contributed by atoms with Gasteiger partial charge >= 0.3 is 5.97 Å². The molecule has 0 amide bonds. The van der Waals surface area contributed by atoms with Crippen molar-refractivity contribution >= 4 is 11.7 Å². The van der Waals surface area contributed by atoms with E-state index >= 15 is 0 Å². The molecule has 0 radical (unpaired) electrons. The molecule has 1 heterocycles. The summed E-state index contributed by atoms with van der Waals surface area (Å²) in [6.07, 6.45) is -0.872. The zero-order valence-corrected chi connectivity index (χ0v) is 13.5. The molecule has 132 valence electrons. The molecule has 1 aromatic heterocycles. The number of hydrogen-bond donors (Lipinski definition) is 0. The maximum atomic E-state index is 13.0. The van der Waals surface area contributed by atoms with E-state index in [1.54, 1.807) is 0 Å². The maximum Gasteiger partial charge on any atom is 0.339 e. The van der Waals surface area contributed by atoms with Gasteiger partial charge < -0.3 is 9.15 Å². The average Bonchev–Trinajstić information content (AvgIpc) is 3.12. The average molecular weight is 357 g/mol. The van der Waals surface area contributed by atoms with Gasteiger partial charge in [0.2, 0.25) is 5.89 Å². The summed E-state index contributed by atoms with van der Waals surface area (Å²) in [4.78, 5) is 22.3. The highest BCUT2D eigenvalue weighted by molar-refractivity contribution is 5.90. The van der Waals surface area contributed by atoms with Gasteiger partial charge in [-0.1, -0.05) is 6.07 Å². The second-order valence-corrected chi connectivity index (χ2v) is 5.31. The maximum absolute atomic E-state index is 13.0. The zero-order valence-electron chi connectivity index (χ0n) is 13.5. The standard InChI is InChI=1S/C17H12FN3O5/c1-10(25-17(22)12-3-2-4-14(9-12)21(23)24)15-19-20-16(26-15)11-5-7-13(18)8-6-11/h2-10H,1H3/t10-/m0/s1. The molecule has 0 saturated heterocycles. The van der Waals surface area contributed by atoms with E-state index in [9.17, 15) is 19.3 Å². The predicted molar refractivity (Wildman–Crippen MR) is 86.6 cm³/mol. The molecule has 1 atom stereocenters. The fourth-order valence-electron chi connectivity index (χ4n) is 2.13. The number of hydrogen-bond acceptors (Lipinski definition) is 7. The predicted octanol–water partition coefficient (Wildman–Crippen LogP) is 3.70. The largest absolute Gasteiger partial charge is 0.449 e. The molecule has 0 aliphatic rings. The SMILES string of the molecule is C[C@H](OC(=O)c1cccc([N+](=O)[O-])c1)c1nnc(-c2ccc(F)cc2)o1. The molecule has 0 aliphatic heterocycles. The minimum absolute atomic E-state index is 0.0318. The molecular weight excluding hydrogens is 345 g/mol. The molecule has 0 fully saturated rings. The topological polar surface area (TPSA) is 108 Å². The first-order valence-electron chi connectivity index (χ1n) is 7.49. The Balaban J connectivity index is 1.73. The van der Waals surface area contributed by atoms with Gasteiger partial charge in [-0.3, -0.25) is 10.1 Å². The van der Waals surface area contributed by atoms with Crippen molar-refractivity contribution in [3.63, 3.8) is 0 Å². The first-order chi connectivity index (χ1) is 12.4. The molecule has 0 unspecified atom stereocenters. The van der Waals surface area contributed by atoms with E-state index in [-0.39, 0.29) is 23.0 Å². The Labute approximate surface area is 146 Å². The summed E-state index contributed by atoms with van der Waals surface area (Å²) in [6, 6.07) is 10.6. The molecule has 0 spiro atoms. The summed E-state index contributed by atoms with van der Waals surface area (Å²) in [5.74, 6) is -0.961. The number of nitrogens with zero attached hydrogens (tertiary/aromatic N) is 3. The monoisotopic (exact) mass is 357 g/mol. The Bertz CT molecular complexity index is 955. The first-order valence-corrected chi connectivity index (χ1v) is 7.49. The number of aromatic nitrogens is 2. The van der Waals surface area contributed by atoms with Gasteiger partial charge in [-0.25, -0.2) is 9.18 Å². The number of nitro groups is 1. The minimum atomic E-state index is -0.872. The smallest absolute Gasteiger partial charge is 0.339 e. The lowest BCUT2D eigenvalue weighted by molar-refractivity contribution is -0.384. The molecule has 3 aromatic rings. The molecule has 9 heteroatoms. The summed E-state index contributed by atoms with van der Waals surface area (Å²) in [6.45, 7) is 1.53. The van der Waals surface area contributed by atoms with Crippen molar-refractivity contribution in [3.05, 3.63) is 75.9 Å². The molecular formula is C17H12FN3O5. The van der Waals surface area contributed by atoms with Crippen LogP contribution in [-0.2, 0) is 4.74 Å². The molecule has 8 nitrogen and oxygen atoms in total. The van der Waals surface area contributed by atoms with Crippen LogP contribution in [0.5, 0.6) is 0 Å². The Morgan fingerprint density at radius 2 is 1.96 bits per heavy atom. The van der Waals surface area contributed by atoms with Crippen LogP contribution in [0.3, 0.4) is 0 Å². The number of halogens is 1. The molecule has 0 saturated carbocycles. The molecule has 0 bridgehead atoms. The van der Waals surface area contributed by atoms with Gasteiger partial charge in [0.15, 0.2) is 6.10 Å². The van der Waals surface area contributed by atoms with Crippen LogP contribution in [0.2, 0.25) is 0 Å². The van der Waals surface area contributed by atoms with E-state index in [2.05, 4.69) is 10.2 Å². The fourth-order valence-corrected chi connectivity index (χ4v) is 2.13. The Morgan fingerprint density at radius 1 is 1.23 bits per heavy atom. The van der Waals surface area contributed by atoms with Gasteiger partial charge in [-0.15, -0.1) is 10.2 Å². The Kier molecular flexibility index (Phi) is 4.70. The van der Waals surface area contributed by atoms with Crippen molar-refractivity contribution in [2.24, 2.45) is 0 Å². The summed E-state index contributed by atoms with van der Waals surface area (Å²) in [5, 5.41) is 18.4. The normalized spacial score (nSPS) is 11.8. The number of non-ortho nitro benzene ring substituents is 1. The van der Waals surface area contributed by atoms with E-state index < -0.39 is 22.8 Å². The summed E-state index contributed by atoms with van der Waals surface area (Å²) < 4.78 is 23.6. The number of rotatable bonds is 5. The first kappa shape index (κ1) is 17.2. The highest BCUT2D eigenvalue weighted by Crippen LogP contribution is 2.24. The number of carbonyl (C=O) groups excluding carboxylic acids is 1. The van der Waals surface area contributed by atoms with Crippen LogP contribution in [0, 0.1) is 15.9 Å². The zero-order chi connectivity index (χ0) is 18.7. The van der Waals surface area contributed by atoms with E-state index in [1.807, 2.05) is 0 Å². The Morgan fingerprint density at radius 3 is 2.65 bits per heavy atom. The second kappa shape index (κ2) is 7.09. The van der Waals surface area contributed by atoms with Gasteiger partial charge in [0.05, 0.1) is 10.5 Å². The number of ether oxygens (including phenoxy) is 1. The van der Waals surface area contributed by atoms with Crippen molar-refractivity contribution in [2.75, 3.05) is 0 Å². The summed E-state index contributed by atoms with van der Waals surface area (Å²) in [5.41, 5.74) is 0.329. The minimum Gasteiger partial charge on any atom is -0.449 e. The number of nitro benzene ring substituents is 1. The summed E-state index contributed by atoms with van der Waals surface area (Å²) >= 11 is 0. The third-order valence-corrected chi connectivity index (χ3v) is 3.46. The van der Waals surface area contributed by atoms with Crippen LogP contribution in [0.4, 0.5) is 10.1 Å². The number of benzene rings is 2. The molecule has 0 N–H and O–H groups in total. The number of carbonyl (C=O) groups is 1. The lowest BCUT2D eigenvalue weighted by Crippen LogP contribution is -2.09. The molecule has 26 heavy (non-hydrogen) atoms. The van der Waals surface area contributed by atoms with Crippen molar-refractivity contribution in [1.82, 2.24) is 10.2 Å².